The zero-order valence-electron chi connectivity index (χ0n) is 10.7. The molecule has 18 heavy (non-hydrogen) atoms. The van der Waals surface area contributed by atoms with Crippen LogP contribution in [0.2, 0.25) is 0 Å². The average molecular weight is 244 g/mol. The van der Waals surface area contributed by atoms with Crippen molar-refractivity contribution in [2.45, 2.75) is 19.4 Å². The van der Waals surface area contributed by atoms with Crippen LogP contribution in [0.3, 0.4) is 0 Å². The highest BCUT2D eigenvalue weighted by Crippen LogP contribution is 2.20. The van der Waals surface area contributed by atoms with Gasteiger partial charge in [-0.05, 0) is 49.2 Å². The van der Waals surface area contributed by atoms with Crippen molar-refractivity contribution < 1.29 is 4.39 Å². The molecule has 0 saturated heterocycles. The number of likely N-dealkylation sites (N-methyl/N-ethyl adjacent to an activating group) is 1. The van der Waals surface area contributed by atoms with Crippen molar-refractivity contribution in [3.05, 3.63) is 65.2 Å². The van der Waals surface area contributed by atoms with Crippen molar-refractivity contribution in [2.75, 3.05) is 7.05 Å². The zero-order valence-corrected chi connectivity index (χ0v) is 10.7. The van der Waals surface area contributed by atoms with Gasteiger partial charge < -0.3 is 5.32 Å². The maximum atomic E-state index is 13.6. The van der Waals surface area contributed by atoms with Crippen LogP contribution in [-0.4, -0.2) is 12.0 Å². The summed E-state index contributed by atoms with van der Waals surface area (Å²) in [5, 5.41) is 3.22. The molecule has 1 unspecified atom stereocenters. The molecule has 1 atom stereocenters. The first-order valence-corrected chi connectivity index (χ1v) is 6.03. The lowest BCUT2D eigenvalue weighted by atomic mass is 9.99. The van der Waals surface area contributed by atoms with E-state index >= 15 is 0 Å². The molecule has 1 aromatic carbocycles. The van der Waals surface area contributed by atoms with E-state index in [1.807, 2.05) is 37.5 Å². The summed E-state index contributed by atoms with van der Waals surface area (Å²) in [6, 6.07) is 9.44. The van der Waals surface area contributed by atoms with Gasteiger partial charge >= 0.3 is 0 Å². The number of aryl methyl sites for hydroxylation is 1. The summed E-state index contributed by atoms with van der Waals surface area (Å²) < 4.78 is 13.6. The van der Waals surface area contributed by atoms with Crippen LogP contribution in [0.15, 0.2) is 42.7 Å². The number of nitrogens with one attached hydrogen (secondary N) is 1. The molecule has 2 nitrogen and oxygen atoms in total. The van der Waals surface area contributed by atoms with E-state index < -0.39 is 0 Å². The Morgan fingerprint density at radius 1 is 1.33 bits per heavy atom. The molecule has 2 rings (SSSR count). The van der Waals surface area contributed by atoms with Gasteiger partial charge in [-0.15, -0.1) is 0 Å². The van der Waals surface area contributed by atoms with Crippen LogP contribution >= 0.6 is 0 Å². The molecule has 0 aliphatic heterocycles. The first-order valence-electron chi connectivity index (χ1n) is 6.03. The highest BCUT2D eigenvalue weighted by molar-refractivity contribution is 5.27. The molecular weight excluding hydrogens is 227 g/mol. The average Bonchev–Trinajstić information content (AvgIpc) is 2.40. The summed E-state index contributed by atoms with van der Waals surface area (Å²) in [5.74, 6) is -0.154. The molecular formula is C15H17FN2. The molecule has 1 N–H and O–H groups in total. The van der Waals surface area contributed by atoms with E-state index in [4.69, 9.17) is 0 Å². The minimum absolute atomic E-state index is 0.101. The number of rotatable bonds is 4. The molecule has 0 bridgehead atoms. The predicted octanol–water partition coefficient (Wildman–Crippen LogP) is 3.03. The molecule has 0 aliphatic carbocycles. The highest BCUT2D eigenvalue weighted by atomic mass is 19.1. The van der Waals surface area contributed by atoms with Gasteiger partial charge in [0.1, 0.15) is 5.82 Å². The minimum atomic E-state index is -0.154. The Morgan fingerprint density at radius 3 is 2.78 bits per heavy atom. The lowest BCUT2D eigenvalue weighted by molar-refractivity contribution is 0.574. The molecule has 3 heteroatoms. The Balaban J connectivity index is 2.20. The third-order valence-corrected chi connectivity index (χ3v) is 3.11. The fourth-order valence-corrected chi connectivity index (χ4v) is 1.97. The van der Waals surface area contributed by atoms with Crippen molar-refractivity contribution in [1.82, 2.24) is 10.3 Å². The van der Waals surface area contributed by atoms with E-state index in [-0.39, 0.29) is 11.9 Å². The first kappa shape index (κ1) is 12.7. The van der Waals surface area contributed by atoms with E-state index in [9.17, 15) is 4.39 Å². The van der Waals surface area contributed by atoms with Crippen LogP contribution in [0.1, 0.15) is 22.7 Å². The molecule has 94 valence electrons. The van der Waals surface area contributed by atoms with Gasteiger partial charge in [0.2, 0.25) is 0 Å². The fraction of sp³-hybridized carbons (Fsp3) is 0.267. The lowest BCUT2D eigenvalue weighted by Gasteiger charge is -2.17. The van der Waals surface area contributed by atoms with Crippen molar-refractivity contribution >= 4 is 0 Å². The quantitative estimate of drug-likeness (QED) is 0.894. The second-order valence-corrected chi connectivity index (χ2v) is 4.42. The van der Waals surface area contributed by atoms with E-state index in [1.54, 1.807) is 19.2 Å². The van der Waals surface area contributed by atoms with E-state index in [0.29, 0.717) is 5.56 Å². The normalized spacial score (nSPS) is 12.4. The Bertz CT molecular complexity index is 511. The van der Waals surface area contributed by atoms with E-state index in [0.717, 1.165) is 17.5 Å². The summed E-state index contributed by atoms with van der Waals surface area (Å²) in [5.41, 5.74) is 2.78. The maximum absolute atomic E-state index is 13.6. The largest absolute Gasteiger partial charge is 0.313 e. The summed E-state index contributed by atoms with van der Waals surface area (Å²) in [4.78, 5) is 4.10. The number of halogens is 1. The molecule has 0 spiro atoms. The van der Waals surface area contributed by atoms with Crippen LogP contribution in [0.4, 0.5) is 4.39 Å². The summed E-state index contributed by atoms with van der Waals surface area (Å²) in [6.07, 6.45) is 4.39. The van der Waals surface area contributed by atoms with E-state index in [1.165, 1.54) is 0 Å². The van der Waals surface area contributed by atoms with Gasteiger partial charge in [0.05, 0.1) is 0 Å². The fourth-order valence-electron chi connectivity index (χ4n) is 1.97. The number of pyridine rings is 1. The maximum Gasteiger partial charge on any atom is 0.126 e. The molecule has 0 radical (unpaired) electrons. The molecule has 1 aromatic heterocycles. The van der Waals surface area contributed by atoms with Gasteiger partial charge in [0.15, 0.2) is 0 Å². The van der Waals surface area contributed by atoms with Crippen molar-refractivity contribution in [1.29, 1.82) is 0 Å². The minimum Gasteiger partial charge on any atom is -0.313 e. The molecule has 0 aliphatic rings. The van der Waals surface area contributed by atoms with Crippen LogP contribution in [0.5, 0.6) is 0 Å². The van der Waals surface area contributed by atoms with Crippen molar-refractivity contribution in [3.8, 4) is 0 Å². The Kier molecular flexibility index (Phi) is 4.05. The Labute approximate surface area is 107 Å². The van der Waals surface area contributed by atoms with Crippen LogP contribution in [0, 0.1) is 12.7 Å². The Morgan fingerprint density at radius 2 is 2.17 bits per heavy atom. The van der Waals surface area contributed by atoms with Crippen LogP contribution in [-0.2, 0) is 6.42 Å². The van der Waals surface area contributed by atoms with E-state index in [2.05, 4.69) is 10.3 Å². The van der Waals surface area contributed by atoms with Crippen LogP contribution in [0.25, 0.3) is 0 Å². The van der Waals surface area contributed by atoms with Crippen molar-refractivity contribution in [2.24, 2.45) is 0 Å². The predicted molar refractivity (Wildman–Crippen MR) is 70.9 cm³/mol. The molecule has 2 aromatic rings. The van der Waals surface area contributed by atoms with Crippen LogP contribution < -0.4 is 5.32 Å². The van der Waals surface area contributed by atoms with Gasteiger partial charge in [0.25, 0.3) is 0 Å². The number of hydrogen-bond acceptors (Lipinski definition) is 2. The highest BCUT2D eigenvalue weighted by Gasteiger charge is 2.11. The van der Waals surface area contributed by atoms with Gasteiger partial charge in [-0.2, -0.15) is 0 Å². The monoisotopic (exact) mass is 244 g/mol. The van der Waals surface area contributed by atoms with Gasteiger partial charge in [-0.3, -0.25) is 4.98 Å². The van der Waals surface area contributed by atoms with Crippen molar-refractivity contribution in [3.63, 3.8) is 0 Å². The summed E-state index contributed by atoms with van der Waals surface area (Å²) >= 11 is 0. The number of hydrogen-bond donors (Lipinski definition) is 1. The topological polar surface area (TPSA) is 24.9 Å². The molecule has 1 heterocycles. The van der Waals surface area contributed by atoms with Gasteiger partial charge in [0, 0.05) is 18.4 Å². The lowest BCUT2D eigenvalue weighted by Crippen LogP contribution is -2.19. The zero-order chi connectivity index (χ0) is 13.0. The smallest absolute Gasteiger partial charge is 0.126 e. The summed E-state index contributed by atoms with van der Waals surface area (Å²) in [6.45, 7) is 1.77. The Hall–Kier alpha value is -1.74. The number of aromatic nitrogens is 1. The van der Waals surface area contributed by atoms with Gasteiger partial charge in [-0.1, -0.05) is 18.2 Å². The standard InChI is InChI=1S/C15H17FN2/c1-11-5-6-13(9-14(11)16)15(17-2)8-12-4-3-7-18-10-12/h3-7,9-10,15,17H,8H2,1-2H3. The number of nitrogens with zero attached hydrogens (tertiary/aromatic N) is 1. The molecule has 0 amide bonds. The third kappa shape index (κ3) is 2.93. The first-order chi connectivity index (χ1) is 8.70. The second kappa shape index (κ2) is 5.74. The third-order valence-electron chi connectivity index (χ3n) is 3.11. The summed E-state index contributed by atoms with van der Waals surface area (Å²) in [7, 11) is 1.89. The SMILES string of the molecule is CNC(Cc1cccnc1)c1ccc(C)c(F)c1. The molecule has 0 fully saturated rings. The van der Waals surface area contributed by atoms with Gasteiger partial charge in [-0.25, -0.2) is 4.39 Å². The second-order valence-electron chi connectivity index (χ2n) is 4.42. The number of benzene rings is 1. The molecule has 0 saturated carbocycles.